The fourth-order valence-corrected chi connectivity index (χ4v) is 2.46. The zero-order valence-corrected chi connectivity index (χ0v) is 13.0. The Morgan fingerprint density at radius 3 is 3.05 bits per heavy atom. The van der Waals surface area contributed by atoms with Gasteiger partial charge >= 0.3 is 0 Å². The van der Waals surface area contributed by atoms with Crippen molar-refractivity contribution in [3.8, 4) is 0 Å². The van der Waals surface area contributed by atoms with Gasteiger partial charge in [-0.15, -0.1) is 0 Å². The van der Waals surface area contributed by atoms with Gasteiger partial charge in [0.1, 0.15) is 6.04 Å². The van der Waals surface area contributed by atoms with Crippen molar-refractivity contribution in [2.75, 3.05) is 25.1 Å². The number of amides is 1. The first-order chi connectivity index (χ1) is 10.2. The molecule has 2 N–H and O–H groups in total. The van der Waals surface area contributed by atoms with Crippen molar-refractivity contribution in [2.45, 2.75) is 39.2 Å². The largest absolute Gasteiger partial charge is 0.381 e. The SMILES string of the molecule is CC(C)COCCCNC(=O)C1CCc2ccccc2N1. The van der Waals surface area contributed by atoms with Crippen LogP contribution in [-0.4, -0.2) is 31.7 Å². The summed E-state index contributed by atoms with van der Waals surface area (Å²) in [4.78, 5) is 12.1. The summed E-state index contributed by atoms with van der Waals surface area (Å²) in [5.41, 5.74) is 2.38. The first kappa shape index (κ1) is 15.8. The lowest BCUT2D eigenvalue weighted by Gasteiger charge is -2.26. The maximum Gasteiger partial charge on any atom is 0.242 e. The second kappa shape index (κ2) is 8.03. The number of hydrogen-bond donors (Lipinski definition) is 2. The number of aryl methyl sites for hydroxylation is 1. The first-order valence-electron chi connectivity index (χ1n) is 7.86. The van der Waals surface area contributed by atoms with Gasteiger partial charge in [0.2, 0.25) is 5.91 Å². The number of rotatable bonds is 7. The molecule has 0 radical (unpaired) electrons. The molecule has 4 nitrogen and oxygen atoms in total. The van der Waals surface area contributed by atoms with Crippen LogP contribution < -0.4 is 10.6 Å². The van der Waals surface area contributed by atoms with E-state index in [1.54, 1.807) is 0 Å². The van der Waals surface area contributed by atoms with Crippen LogP contribution in [0.5, 0.6) is 0 Å². The van der Waals surface area contributed by atoms with E-state index in [0.29, 0.717) is 19.1 Å². The van der Waals surface area contributed by atoms with E-state index in [1.165, 1.54) is 5.56 Å². The number of carbonyl (C=O) groups is 1. The molecule has 0 saturated carbocycles. The normalized spacial score (nSPS) is 17.2. The van der Waals surface area contributed by atoms with Crippen LogP contribution in [0, 0.1) is 5.92 Å². The first-order valence-corrected chi connectivity index (χ1v) is 7.86. The predicted molar refractivity (Wildman–Crippen MR) is 85.5 cm³/mol. The fraction of sp³-hybridized carbons (Fsp3) is 0.588. The van der Waals surface area contributed by atoms with E-state index in [2.05, 4.69) is 30.5 Å². The standard InChI is InChI=1S/C17H26N2O2/c1-13(2)12-21-11-5-10-18-17(20)16-9-8-14-6-3-4-7-15(14)19-16/h3-4,6-7,13,16,19H,5,8-12H2,1-2H3,(H,18,20). The number of para-hydroxylation sites is 1. The summed E-state index contributed by atoms with van der Waals surface area (Å²) >= 11 is 0. The van der Waals surface area contributed by atoms with Crippen LogP contribution in [0.3, 0.4) is 0 Å². The topological polar surface area (TPSA) is 50.4 Å². The lowest BCUT2D eigenvalue weighted by Crippen LogP contribution is -2.42. The van der Waals surface area contributed by atoms with Gasteiger partial charge < -0.3 is 15.4 Å². The minimum Gasteiger partial charge on any atom is -0.381 e. The lowest BCUT2D eigenvalue weighted by atomic mass is 9.98. The second-order valence-electron chi connectivity index (χ2n) is 6.01. The predicted octanol–water partition coefficient (Wildman–Crippen LogP) is 2.59. The zero-order chi connectivity index (χ0) is 15.1. The molecule has 1 aromatic rings. The minimum atomic E-state index is -0.114. The summed E-state index contributed by atoms with van der Waals surface area (Å²) in [6.07, 6.45) is 2.67. The van der Waals surface area contributed by atoms with Gasteiger partial charge in [0.25, 0.3) is 0 Å². The van der Waals surface area contributed by atoms with E-state index in [4.69, 9.17) is 4.74 Å². The van der Waals surface area contributed by atoms with Crippen LogP contribution in [0.1, 0.15) is 32.3 Å². The third-order valence-electron chi connectivity index (χ3n) is 3.58. The molecule has 0 bridgehead atoms. The van der Waals surface area contributed by atoms with Gasteiger partial charge in [-0.3, -0.25) is 4.79 Å². The van der Waals surface area contributed by atoms with Crippen LogP contribution in [0.2, 0.25) is 0 Å². The summed E-state index contributed by atoms with van der Waals surface area (Å²) in [6, 6.07) is 8.07. The molecule has 21 heavy (non-hydrogen) atoms. The molecule has 2 rings (SSSR count). The number of hydrogen-bond acceptors (Lipinski definition) is 3. The summed E-state index contributed by atoms with van der Waals surface area (Å²) in [7, 11) is 0. The van der Waals surface area contributed by atoms with E-state index < -0.39 is 0 Å². The van der Waals surface area contributed by atoms with Crippen molar-refractivity contribution in [3.63, 3.8) is 0 Å². The maximum atomic E-state index is 12.1. The van der Waals surface area contributed by atoms with Gasteiger partial charge in [-0.2, -0.15) is 0 Å². The Balaban J connectivity index is 1.66. The molecule has 1 amide bonds. The highest BCUT2D eigenvalue weighted by Crippen LogP contribution is 2.24. The Morgan fingerprint density at radius 2 is 2.24 bits per heavy atom. The third-order valence-corrected chi connectivity index (χ3v) is 3.58. The van der Waals surface area contributed by atoms with Gasteiger partial charge in [-0.05, 0) is 36.8 Å². The summed E-state index contributed by atoms with van der Waals surface area (Å²) < 4.78 is 5.50. The van der Waals surface area contributed by atoms with Gasteiger partial charge in [-0.1, -0.05) is 32.0 Å². The van der Waals surface area contributed by atoms with Gasteiger partial charge in [0.15, 0.2) is 0 Å². The van der Waals surface area contributed by atoms with Gasteiger partial charge in [0, 0.05) is 25.4 Å². The number of carbonyl (C=O) groups excluding carboxylic acids is 1. The second-order valence-corrected chi connectivity index (χ2v) is 6.01. The Morgan fingerprint density at radius 1 is 1.43 bits per heavy atom. The number of anilines is 1. The van der Waals surface area contributed by atoms with E-state index in [9.17, 15) is 4.79 Å². The minimum absolute atomic E-state index is 0.0911. The molecule has 4 heteroatoms. The number of ether oxygens (including phenoxy) is 1. The van der Waals surface area contributed by atoms with Crippen LogP contribution in [0.15, 0.2) is 24.3 Å². The molecule has 1 aliphatic rings. The molecule has 0 aliphatic carbocycles. The van der Waals surface area contributed by atoms with E-state index in [1.807, 2.05) is 18.2 Å². The van der Waals surface area contributed by atoms with Crippen LogP contribution in [-0.2, 0) is 16.0 Å². The van der Waals surface area contributed by atoms with Crippen molar-refractivity contribution < 1.29 is 9.53 Å². The van der Waals surface area contributed by atoms with Gasteiger partial charge in [-0.25, -0.2) is 0 Å². The molecule has 0 fully saturated rings. The third kappa shape index (κ3) is 5.05. The summed E-state index contributed by atoms with van der Waals surface area (Å²) in [5, 5.41) is 6.31. The Kier molecular flexibility index (Phi) is 6.05. The molecule has 1 unspecified atom stereocenters. The van der Waals surface area contributed by atoms with E-state index in [-0.39, 0.29) is 11.9 Å². The number of nitrogens with one attached hydrogen (secondary N) is 2. The molecular formula is C17H26N2O2. The quantitative estimate of drug-likeness (QED) is 0.759. The van der Waals surface area contributed by atoms with Crippen LogP contribution in [0.4, 0.5) is 5.69 Å². The average Bonchev–Trinajstić information content (AvgIpc) is 2.49. The maximum absolute atomic E-state index is 12.1. The summed E-state index contributed by atoms with van der Waals surface area (Å²) in [6.45, 7) is 6.44. The Hall–Kier alpha value is -1.55. The molecule has 1 aromatic carbocycles. The molecule has 1 aliphatic heterocycles. The van der Waals surface area contributed by atoms with Crippen LogP contribution in [0.25, 0.3) is 0 Å². The monoisotopic (exact) mass is 290 g/mol. The molecule has 1 atom stereocenters. The Bertz CT molecular complexity index is 460. The molecule has 0 aromatic heterocycles. The van der Waals surface area contributed by atoms with Crippen molar-refractivity contribution in [3.05, 3.63) is 29.8 Å². The number of fused-ring (bicyclic) bond motifs is 1. The molecule has 116 valence electrons. The lowest BCUT2D eigenvalue weighted by molar-refractivity contribution is -0.122. The number of benzene rings is 1. The highest BCUT2D eigenvalue weighted by Gasteiger charge is 2.22. The highest BCUT2D eigenvalue weighted by atomic mass is 16.5. The van der Waals surface area contributed by atoms with Crippen molar-refractivity contribution in [2.24, 2.45) is 5.92 Å². The van der Waals surface area contributed by atoms with Crippen LogP contribution >= 0.6 is 0 Å². The van der Waals surface area contributed by atoms with E-state index >= 15 is 0 Å². The zero-order valence-electron chi connectivity index (χ0n) is 13.0. The average molecular weight is 290 g/mol. The molecule has 0 saturated heterocycles. The van der Waals surface area contributed by atoms with Crippen molar-refractivity contribution in [1.29, 1.82) is 0 Å². The molecule has 0 spiro atoms. The van der Waals surface area contributed by atoms with E-state index in [0.717, 1.165) is 31.6 Å². The molecule has 1 heterocycles. The summed E-state index contributed by atoms with van der Waals surface area (Å²) in [5.74, 6) is 0.652. The van der Waals surface area contributed by atoms with Gasteiger partial charge in [0.05, 0.1) is 0 Å². The highest BCUT2D eigenvalue weighted by molar-refractivity contribution is 5.85. The van der Waals surface area contributed by atoms with Crippen molar-refractivity contribution in [1.82, 2.24) is 5.32 Å². The Labute approximate surface area is 127 Å². The fourth-order valence-electron chi connectivity index (χ4n) is 2.46. The molecular weight excluding hydrogens is 264 g/mol. The van der Waals surface area contributed by atoms with Crippen molar-refractivity contribution >= 4 is 11.6 Å². The smallest absolute Gasteiger partial charge is 0.242 e.